The summed E-state index contributed by atoms with van der Waals surface area (Å²) in [6.45, 7) is 10.6. The van der Waals surface area contributed by atoms with Crippen LogP contribution < -0.4 is 0 Å². The zero-order valence-electron chi connectivity index (χ0n) is 22.8. The predicted octanol–water partition coefficient (Wildman–Crippen LogP) is 3.03. The van der Waals surface area contributed by atoms with E-state index in [1.807, 2.05) is 61.2 Å². The number of hydrogen-bond donors (Lipinski definition) is 1. The highest BCUT2D eigenvalue weighted by atomic mass is 16.6. The molecule has 1 unspecified atom stereocenters. The van der Waals surface area contributed by atoms with Gasteiger partial charge in [-0.1, -0.05) is 69.3 Å². The molecule has 1 N–H and O–H groups in total. The van der Waals surface area contributed by atoms with Gasteiger partial charge >= 0.3 is 5.97 Å². The number of cyclic esters (lactones) is 1. The number of aliphatic hydroxyl groups excluding tert-OH is 1. The van der Waals surface area contributed by atoms with Gasteiger partial charge in [-0.3, -0.25) is 14.4 Å². The lowest BCUT2D eigenvalue weighted by atomic mass is 9.77. The standard InChI is InChI=1S/C30H38N2O6/c1-28(2,3)18-29(4,5)31-15-10-14-30-23(22-21(38-30)13-9-16-37-27(22)36)25(34)32(24(30)26(31)35)20(17-33)19-11-7-6-8-12-19/h6-14,20-24,33H,15-18H2,1-5H3/t20-,21+,22-,23+,24?,30+/m1/s1. The van der Waals surface area contributed by atoms with Crippen LogP contribution in [-0.2, 0) is 23.9 Å². The maximum atomic E-state index is 14.7. The molecule has 0 saturated carbocycles. The number of nitrogens with zero attached hydrogens (tertiary/aromatic N) is 2. The number of carbonyl (C=O) groups is 3. The van der Waals surface area contributed by atoms with Crippen LogP contribution in [0.15, 0.2) is 54.6 Å². The average Bonchev–Trinajstić information content (AvgIpc) is 3.13. The van der Waals surface area contributed by atoms with Crippen molar-refractivity contribution in [3.8, 4) is 0 Å². The topological polar surface area (TPSA) is 96.4 Å². The summed E-state index contributed by atoms with van der Waals surface area (Å²) >= 11 is 0. The number of rotatable bonds is 5. The van der Waals surface area contributed by atoms with Crippen molar-refractivity contribution < 1.29 is 29.0 Å². The summed E-state index contributed by atoms with van der Waals surface area (Å²) in [6.07, 6.45) is 7.25. The first-order valence-electron chi connectivity index (χ1n) is 13.4. The maximum Gasteiger partial charge on any atom is 0.313 e. The Morgan fingerprint density at radius 1 is 1.05 bits per heavy atom. The Kier molecular flexibility index (Phi) is 6.55. The molecular formula is C30H38N2O6. The Morgan fingerprint density at radius 3 is 2.42 bits per heavy atom. The summed E-state index contributed by atoms with van der Waals surface area (Å²) in [6, 6.07) is 7.37. The van der Waals surface area contributed by atoms with Crippen molar-refractivity contribution in [2.24, 2.45) is 17.3 Å². The van der Waals surface area contributed by atoms with Crippen molar-refractivity contribution in [2.75, 3.05) is 19.8 Å². The van der Waals surface area contributed by atoms with Crippen LogP contribution >= 0.6 is 0 Å². The molecule has 204 valence electrons. The summed E-state index contributed by atoms with van der Waals surface area (Å²) in [7, 11) is 0. The van der Waals surface area contributed by atoms with E-state index in [4.69, 9.17) is 9.47 Å². The molecule has 8 heteroatoms. The highest BCUT2D eigenvalue weighted by Crippen LogP contribution is 2.55. The molecule has 4 aliphatic heterocycles. The van der Waals surface area contributed by atoms with Crippen LogP contribution in [-0.4, -0.2) is 75.7 Å². The fraction of sp³-hybridized carbons (Fsp3) is 0.567. The van der Waals surface area contributed by atoms with E-state index in [2.05, 4.69) is 20.8 Å². The molecule has 38 heavy (non-hydrogen) atoms. The Balaban J connectivity index is 1.66. The van der Waals surface area contributed by atoms with Gasteiger partial charge < -0.3 is 24.4 Å². The Morgan fingerprint density at radius 2 is 1.76 bits per heavy atom. The fourth-order valence-corrected chi connectivity index (χ4v) is 7.21. The van der Waals surface area contributed by atoms with Gasteiger partial charge in [0, 0.05) is 12.1 Å². The number of likely N-dealkylation sites (tertiary alicyclic amines) is 1. The van der Waals surface area contributed by atoms with E-state index in [9.17, 15) is 19.5 Å². The second-order valence-corrected chi connectivity index (χ2v) is 12.7. The average molecular weight is 523 g/mol. The first kappa shape index (κ1) is 26.6. The lowest BCUT2D eigenvalue weighted by Gasteiger charge is -2.45. The van der Waals surface area contributed by atoms with E-state index in [1.165, 1.54) is 4.90 Å². The van der Waals surface area contributed by atoms with Crippen molar-refractivity contribution in [1.82, 2.24) is 9.80 Å². The maximum absolute atomic E-state index is 14.7. The van der Waals surface area contributed by atoms with Gasteiger partial charge in [0.1, 0.15) is 24.2 Å². The van der Waals surface area contributed by atoms with E-state index >= 15 is 0 Å². The van der Waals surface area contributed by atoms with Crippen molar-refractivity contribution in [3.63, 3.8) is 0 Å². The second kappa shape index (κ2) is 9.35. The Labute approximate surface area is 224 Å². The monoisotopic (exact) mass is 522 g/mol. The van der Waals surface area contributed by atoms with Crippen LogP contribution in [0, 0.1) is 17.3 Å². The summed E-state index contributed by atoms with van der Waals surface area (Å²) in [5.74, 6) is -2.97. The number of hydrogen-bond acceptors (Lipinski definition) is 6. The highest BCUT2D eigenvalue weighted by Gasteiger charge is 2.73. The molecule has 0 bridgehead atoms. The van der Waals surface area contributed by atoms with Crippen LogP contribution in [0.5, 0.6) is 0 Å². The zero-order valence-corrected chi connectivity index (χ0v) is 22.8. The van der Waals surface area contributed by atoms with Gasteiger partial charge in [0.25, 0.3) is 0 Å². The fourth-order valence-electron chi connectivity index (χ4n) is 7.21. The van der Waals surface area contributed by atoms with Crippen molar-refractivity contribution in [2.45, 2.75) is 70.4 Å². The number of esters is 1. The molecule has 2 amide bonds. The summed E-state index contributed by atoms with van der Waals surface area (Å²) in [5, 5.41) is 10.6. The summed E-state index contributed by atoms with van der Waals surface area (Å²) in [4.78, 5) is 45.5. The van der Waals surface area contributed by atoms with Crippen LogP contribution in [0.2, 0.25) is 0 Å². The van der Waals surface area contributed by atoms with Gasteiger partial charge in [-0.25, -0.2) is 0 Å². The minimum Gasteiger partial charge on any atom is -0.461 e. The lowest BCUT2D eigenvalue weighted by Crippen LogP contribution is -2.60. The number of benzene rings is 1. The van der Waals surface area contributed by atoms with E-state index in [0.29, 0.717) is 12.1 Å². The molecule has 1 aromatic carbocycles. The molecule has 6 atom stereocenters. The molecule has 0 aromatic heterocycles. The van der Waals surface area contributed by atoms with Gasteiger partial charge in [-0.05, 0) is 37.3 Å². The van der Waals surface area contributed by atoms with Crippen molar-refractivity contribution in [1.29, 1.82) is 0 Å². The normalized spacial score (nSPS) is 31.9. The van der Waals surface area contributed by atoms with E-state index in [-0.39, 0.29) is 30.4 Å². The molecule has 5 rings (SSSR count). The van der Waals surface area contributed by atoms with Crippen LogP contribution in [0.1, 0.15) is 52.6 Å². The minimum atomic E-state index is -1.36. The van der Waals surface area contributed by atoms with E-state index in [0.717, 1.165) is 6.42 Å². The SMILES string of the molecule is CC(C)(C)CC(C)(C)N1CC=C[C@]23O[C@H]4C=CCOC(=O)[C@H]4[C@H]2C(=O)N([C@H](CO)c2ccccc2)C3C1=O. The van der Waals surface area contributed by atoms with Crippen LogP contribution in [0.3, 0.4) is 0 Å². The number of carbonyl (C=O) groups excluding carboxylic acids is 3. The summed E-state index contributed by atoms with van der Waals surface area (Å²) in [5.41, 5.74) is -1.23. The number of amides is 2. The van der Waals surface area contributed by atoms with E-state index in [1.54, 1.807) is 12.2 Å². The van der Waals surface area contributed by atoms with Gasteiger partial charge in [0.2, 0.25) is 11.8 Å². The quantitative estimate of drug-likeness (QED) is 0.472. The van der Waals surface area contributed by atoms with Gasteiger partial charge in [0.05, 0.1) is 24.7 Å². The molecule has 1 aromatic rings. The third kappa shape index (κ3) is 4.18. The lowest BCUT2D eigenvalue weighted by molar-refractivity contribution is -0.157. The first-order chi connectivity index (χ1) is 17.9. The molecule has 1 spiro atoms. The third-order valence-electron chi connectivity index (χ3n) is 8.24. The molecular weight excluding hydrogens is 484 g/mol. The highest BCUT2D eigenvalue weighted by molar-refractivity contribution is 5.99. The zero-order chi connectivity index (χ0) is 27.5. The van der Waals surface area contributed by atoms with Crippen molar-refractivity contribution >= 4 is 17.8 Å². The van der Waals surface area contributed by atoms with Gasteiger partial charge in [0.15, 0.2) is 0 Å². The molecule has 4 heterocycles. The molecule has 2 fully saturated rings. The number of aliphatic hydroxyl groups is 1. The third-order valence-corrected chi connectivity index (χ3v) is 8.24. The molecule has 0 aliphatic carbocycles. The minimum absolute atomic E-state index is 0.0471. The van der Waals surface area contributed by atoms with Gasteiger partial charge in [-0.15, -0.1) is 0 Å². The smallest absolute Gasteiger partial charge is 0.313 e. The predicted molar refractivity (Wildman–Crippen MR) is 141 cm³/mol. The van der Waals surface area contributed by atoms with Crippen LogP contribution in [0.25, 0.3) is 0 Å². The van der Waals surface area contributed by atoms with Gasteiger partial charge in [-0.2, -0.15) is 0 Å². The molecule has 2 saturated heterocycles. The molecule has 4 aliphatic rings. The summed E-state index contributed by atoms with van der Waals surface area (Å²) < 4.78 is 12.0. The molecule has 8 nitrogen and oxygen atoms in total. The first-order valence-corrected chi connectivity index (χ1v) is 13.4. The van der Waals surface area contributed by atoms with Crippen molar-refractivity contribution in [3.05, 3.63) is 60.2 Å². The number of fused-ring (bicyclic) bond motifs is 2. The largest absolute Gasteiger partial charge is 0.461 e. The van der Waals surface area contributed by atoms with E-state index < -0.39 is 47.1 Å². The number of ether oxygens (including phenoxy) is 2. The Bertz CT molecular complexity index is 1170. The second-order valence-electron chi connectivity index (χ2n) is 12.7. The van der Waals surface area contributed by atoms with Crippen LogP contribution in [0.4, 0.5) is 0 Å². The Hall–Kier alpha value is -2.97. The molecule has 0 radical (unpaired) electrons.